The lowest BCUT2D eigenvalue weighted by Gasteiger charge is -2.19. The number of fused-ring (bicyclic) bond motifs is 2. The smallest absolute Gasteiger partial charge is 0.256 e. The summed E-state index contributed by atoms with van der Waals surface area (Å²) in [5, 5.41) is 0. The van der Waals surface area contributed by atoms with Crippen LogP contribution in [0.25, 0.3) is 0 Å². The second-order valence-corrected chi connectivity index (χ2v) is 6.16. The molecule has 0 radical (unpaired) electrons. The first-order chi connectivity index (χ1) is 9.15. The molecule has 2 bridgehead atoms. The molecule has 3 heteroatoms. The standard InChI is InChI=1S/C16H21NO2/c1-11-8-15(18)17(16(11)19)7-3-2-4-13-9-12-5-6-14(13)10-12/h5-6,8,12-14H,2-4,7,9-10H2,1H3. The van der Waals surface area contributed by atoms with E-state index >= 15 is 0 Å². The summed E-state index contributed by atoms with van der Waals surface area (Å²) in [7, 11) is 0. The fourth-order valence-corrected chi connectivity index (χ4v) is 3.75. The van der Waals surface area contributed by atoms with Crippen molar-refractivity contribution in [2.24, 2.45) is 17.8 Å². The quantitative estimate of drug-likeness (QED) is 0.432. The van der Waals surface area contributed by atoms with Crippen LogP contribution in [-0.4, -0.2) is 23.3 Å². The lowest BCUT2D eigenvalue weighted by molar-refractivity contribution is -0.137. The third-order valence-corrected chi connectivity index (χ3v) is 4.81. The van der Waals surface area contributed by atoms with Crippen LogP contribution in [0.15, 0.2) is 23.8 Å². The molecule has 2 amide bonds. The minimum absolute atomic E-state index is 0.104. The van der Waals surface area contributed by atoms with Crippen LogP contribution in [0.2, 0.25) is 0 Å². The molecule has 0 spiro atoms. The van der Waals surface area contributed by atoms with E-state index in [4.69, 9.17) is 0 Å². The Balaban J connectivity index is 1.39. The normalized spacial score (nSPS) is 32.6. The Hall–Kier alpha value is -1.38. The lowest BCUT2D eigenvalue weighted by atomic mass is 9.89. The van der Waals surface area contributed by atoms with Crippen molar-refractivity contribution in [3.63, 3.8) is 0 Å². The molecule has 3 nitrogen and oxygen atoms in total. The maximum Gasteiger partial charge on any atom is 0.256 e. The van der Waals surface area contributed by atoms with Gasteiger partial charge in [0.25, 0.3) is 11.8 Å². The van der Waals surface area contributed by atoms with Crippen LogP contribution in [0.4, 0.5) is 0 Å². The number of carbonyl (C=O) groups excluding carboxylic acids is 2. The fourth-order valence-electron chi connectivity index (χ4n) is 3.75. The molecule has 102 valence electrons. The topological polar surface area (TPSA) is 37.4 Å². The van der Waals surface area contributed by atoms with Crippen molar-refractivity contribution in [3.8, 4) is 0 Å². The van der Waals surface area contributed by atoms with E-state index in [-0.39, 0.29) is 11.8 Å². The summed E-state index contributed by atoms with van der Waals surface area (Å²) in [5.41, 5.74) is 0.572. The third kappa shape index (κ3) is 2.38. The summed E-state index contributed by atoms with van der Waals surface area (Å²) in [6.07, 6.45) is 12.2. The van der Waals surface area contributed by atoms with Crippen molar-refractivity contribution in [1.29, 1.82) is 0 Å². The van der Waals surface area contributed by atoms with Crippen LogP contribution in [0.5, 0.6) is 0 Å². The van der Waals surface area contributed by atoms with E-state index < -0.39 is 0 Å². The number of carbonyl (C=O) groups is 2. The SMILES string of the molecule is CC1=CC(=O)N(CCCCC2CC3C=CC2C3)C1=O. The Bertz CT molecular complexity index is 463. The Morgan fingerprint density at radius 2 is 2.05 bits per heavy atom. The van der Waals surface area contributed by atoms with Gasteiger partial charge in [-0.1, -0.05) is 18.6 Å². The van der Waals surface area contributed by atoms with E-state index in [0.717, 1.165) is 30.6 Å². The van der Waals surface area contributed by atoms with E-state index in [1.165, 1.54) is 30.2 Å². The zero-order chi connectivity index (χ0) is 13.4. The number of hydrogen-bond acceptors (Lipinski definition) is 2. The van der Waals surface area contributed by atoms with Crippen molar-refractivity contribution in [3.05, 3.63) is 23.8 Å². The van der Waals surface area contributed by atoms with Gasteiger partial charge < -0.3 is 0 Å². The molecule has 1 fully saturated rings. The van der Waals surface area contributed by atoms with Gasteiger partial charge in [-0.2, -0.15) is 0 Å². The zero-order valence-corrected chi connectivity index (χ0v) is 11.5. The predicted octanol–water partition coefficient (Wildman–Crippen LogP) is 2.68. The number of hydrogen-bond donors (Lipinski definition) is 0. The summed E-state index contributed by atoms with van der Waals surface area (Å²) >= 11 is 0. The molecule has 0 aromatic carbocycles. The molecule has 0 saturated heterocycles. The highest BCUT2D eigenvalue weighted by molar-refractivity contribution is 6.15. The Labute approximate surface area is 114 Å². The highest BCUT2D eigenvalue weighted by Crippen LogP contribution is 2.45. The predicted molar refractivity (Wildman–Crippen MR) is 73.2 cm³/mol. The molecule has 0 aromatic rings. The molecular weight excluding hydrogens is 238 g/mol. The van der Waals surface area contributed by atoms with Crippen molar-refractivity contribution in [2.75, 3.05) is 6.54 Å². The van der Waals surface area contributed by atoms with Gasteiger partial charge >= 0.3 is 0 Å². The molecule has 0 aromatic heterocycles. The second kappa shape index (κ2) is 4.95. The average molecular weight is 259 g/mol. The second-order valence-electron chi connectivity index (χ2n) is 6.16. The number of nitrogens with zero attached hydrogens (tertiary/aromatic N) is 1. The summed E-state index contributed by atoms with van der Waals surface area (Å²) in [5.74, 6) is 2.26. The van der Waals surface area contributed by atoms with Gasteiger partial charge in [0.05, 0.1) is 0 Å². The van der Waals surface area contributed by atoms with Crippen molar-refractivity contribution in [1.82, 2.24) is 4.90 Å². The van der Waals surface area contributed by atoms with Gasteiger partial charge in [-0.3, -0.25) is 14.5 Å². The minimum atomic E-state index is -0.134. The first-order valence-corrected chi connectivity index (χ1v) is 7.37. The molecular formula is C16H21NO2. The highest BCUT2D eigenvalue weighted by Gasteiger charge is 2.35. The van der Waals surface area contributed by atoms with E-state index in [2.05, 4.69) is 12.2 Å². The van der Waals surface area contributed by atoms with Gasteiger partial charge in [-0.15, -0.1) is 0 Å². The molecule has 1 aliphatic heterocycles. The van der Waals surface area contributed by atoms with Crippen molar-refractivity contribution in [2.45, 2.75) is 39.0 Å². The van der Waals surface area contributed by atoms with Crippen LogP contribution < -0.4 is 0 Å². The van der Waals surface area contributed by atoms with Crippen LogP contribution in [0.3, 0.4) is 0 Å². The summed E-state index contributed by atoms with van der Waals surface area (Å²) < 4.78 is 0. The largest absolute Gasteiger partial charge is 0.275 e. The molecule has 3 atom stereocenters. The number of amides is 2. The molecule has 1 saturated carbocycles. The number of imide groups is 1. The first kappa shape index (κ1) is 12.6. The molecule has 3 aliphatic rings. The highest BCUT2D eigenvalue weighted by atomic mass is 16.2. The van der Waals surface area contributed by atoms with E-state index in [9.17, 15) is 9.59 Å². The molecule has 0 N–H and O–H groups in total. The number of unbranched alkanes of at least 4 members (excludes halogenated alkanes) is 1. The number of rotatable bonds is 5. The zero-order valence-electron chi connectivity index (χ0n) is 11.5. The minimum Gasteiger partial charge on any atom is -0.275 e. The average Bonchev–Trinajstić information content (AvgIpc) is 3.04. The van der Waals surface area contributed by atoms with Gasteiger partial charge in [0.1, 0.15) is 0 Å². The molecule has 3 rings (SSSR count). The van der Waals surface area contributed by atoms with Gasteiger partial charge in [0, 0.05) is 18.2 Å². The van der Waals surface area contributed by atoms with Gasteiger partial charge in [0.2, 0.25) is 0 Å². The third-order valence-electron chi connectivity index (χ3n) is 4.81. The van der Waals surface area contributed by atoms with Gasteiger partial charge in [-0.25, -0.2) is 0 Å². The summed E-state index contributed by atoms with van der Waals surface area (Å²) in [4.78, 5) is 24.7. The molecule has 2 aliphatic carbocycles. The van der Waals surface area contributed by atoms with E-state index in [1.807, 2.05) is 0 Å². The Morgan fingerprint density at radius 3 is 2.63 bits per heavy atom. The Morgan fingerprint density at radius 1 is 1.21 bits per heavy atom. The van der Waals surface area contributed by atoms with Crippen LogP contribution in [-0.2, 0) is 9.59 Å². The van der Waals surface area contributed by atoms with E-state index in [0.29, 0.717) is 12.1 Å². The van der Waals surface area contributed by atoms with Crippen molar-refractivity contribution >= 4 is 11.8 Å². The first-order valence-electron chi connectivity index (χ1n) is 7.37. The van der Waals surface area contributed by atoms with Gasteiger partial charge in [0.15, 0.2) is 0 Å². The Kier molecular flexibility index (Phi) is 3.29. The molecule has 3 unspecified atom stereocenters. The van der Waals surface area contributed by atoms with Crippen molar-refractivity contribution < 1.29 is 9.59 Å². The molecule has 19 heavy (non-hydrogen) atoms. The monoisotopic (exact) mass is 259 g/mol. The molecule has 1 heterocycles. The number of allylic oxidation sites excluding steroid dienone is 2. The lowest BCUT2D eigenvalue weighted by Crippen LogP contribution is -2.31. The van der Waals surface area contributed by atoms with Crippen LogP contribution in [0.1, 0.15) is 39.0 Å². The summed E-state index contributed by atoms with van der Waals surface area (Å²) in [6.45, 7) is 2.30. The summed E-state index contributed by atoms with van der Waals surface area (Å²) in [6, 6.07) is 0. The van der Waals surface area contributed by atoms with E-state index in [1.54, 1.807) is 6.92 Å². The fraction of sp³-hybridized carbons (Fsp3) is 0.625. The van der Waals surface area contributed by atoms with Crippen LogP contribution in [0, 0.1) is 17.8 Å². The maximum atomic E-state index is 11.7. The van der Waals surface area contributed by atoms with Gasteiger partial charge in [-0.05, 0) is 50.4 Å². The maximum absolute atomic E-state index is 11.7. The van der Waals surface area contributed by atoms with Crippen LogP contribution >= 0.6 is 0 Å².